The van der Waals surface area contributed by atoms with E-state index in [9.17, 15) is 0 Å². The van der Waals surface area contributed by atoms with Crippen LogP contribution in [0.25, 0.3) is 11.2 Å². The van der Waals surface area contributed by atoms with Crippen molar-refractivity contribution in [3.05, 3.63) is 66.0 Å². The number of anilines is 2. The lowest BCUT2D eigenvalue weighted by Gasteiger charge is -2.34. The van der Waals surface area contributed by atoms with E-state index >= 15 is 0 Å². The third kappa shape index (κ3) is 5.35. The molecule has 39 heavy (non-hydrogen) atoms. The Morgan fingerprint density at radius 2 is 1.59 bits per heavy atom. The van der Waals surface area contributed by atoms with Crippen molar-refractivity contribution in [2.24, 2.45) is 0 Å². The number of nitrogens with zero attached hydrogens (tertiary/aromatic N) is 6. The van der Waals surface area contributed by atoms with Gasteiger partial charge in [-0.3, -0.25) is 9.80 Å². The molecule has 202 valence electrons. The van der Waals surface area contributed by atoms with Gasteiger partial charge in [-0.05, 0) is 36.1 Å². The molecular formula is C29H34N8O2. The number of rotatable bonds is 7. The Balaban J connectivity index is 0.949. The van der Waals surface area contributed by atoms with Crippen molar-refractivity contribution in [1.82, 2.24) is 29.7 Å². The monoisotopic (exact) mass is 526 g/mol. The molecule has 10 heteroatoms. The van der Waals surface area contributed by atoms with E-state index in [1.54, 1.807) is 6.33 Å². The van der Waals surface area contributed by atoms with E-state index in [-0.39, 0.29) is 0 Å². The van der Waals surface area contributed by atoms with Gasteiger partial charge < -0.3 is 24.7 Å². The van der Waals surface area contributed by atoms with Crippen molar-refractivity contribution in [3.63, 3.8) is 0 Å². The van der Waals surface area contributed by atoms with Crippen LogP contribution >= 0.6 is 0 Å². The minimum Gasteiger partial charge on any atom is -0.454 e. The Hall–Kier alpha value is -3.89. The standard InChI is InChI=1S/C29H34N8O2/c1-2-4-21(5-3-1)17-35-10-8-23(9-11-35)32-27-26-28(31-19-30-27)34-29(33-26)37-14-12-36(13-15-37)18-22-6-7-24-25(16-22)39-20-38-24/h1-7,16,19,23H,8-15,17-18,20H2,(H2,30,31,32,33,34). The molecule has 2 fully saturated rings. The number of imidazole rings is 1. The maximum absolute atomic E-state index is 5.54. The van der Waals surface area contributed by atoms with Crippen LogP contribution in [0.2, 0.25) is 0 Å². The first-order valence-electron chi connectivity index (χ1n) is 13.9. The van der Waals surface area contributed by atoms with Gasteiger partial charge in [0.25, 0.3) is 0 Å². The van der Waals surface area contributed by atoms with Crippen LogP contribution in [0, 0.1) is 0 Å². The van der Waals surface area contributed by atoms with Gasteiger partial charge in [0.05, 0.1) is 0 Å². The molecule has 0 spiro atoms. The van der Waals surface area contributed by atoms with Crippen LogP contribution in [0.15, 0.2) is 54.9 Å². The minimum atomic E-state index is 0.310. The molecule has 10 nitrogen and oxygen atoms in total. The highest BCUT2D eigenvalue weighted by Gasteiger charge is 2.24. The minimum absolute atomic E-state index is 0.310. The smallest absolute Gasteiger partial charge is 0.231 e. The number of aromatic nitrogens is 4. The number of hydrogen-bond acceptors (Lipinski definition) is 9. The van der Waals surface area contributed by atoms with E-state index < -0.39 is 0 Å². The molecule has 2 N–H and O–H groups in total. The normalized spacial score (nSPS) is 18.6. The van der Waals surface area contributed by atoms with Gasteiger partial charge in [0.15, 0.2) is 23.0 Å². The van der Waals surface area contributed by atoms with Gasteiger partial charge in [0.2, 0.25) is 12.7 Å². The fourth-order valence-corrected chi connectivity index (χ4v) is 5.76. The van der Waals surface area contributed by atoms with Crippen molar-refractivity contribution in [2.75, 3.05) is 56.3 Å². The molecule has 3 aliphatic rings. The van der Waals surface area contributed by atoms with Crippen LogP contribution in [0.4, 0.5) is 11.8 Å². The fourth-order valence-electron chi connectivity index (χ4n) is 5.76. The summed E-state index contributed by atoms with van der Waals surface area (Å²) in [7, 11) is 0. The number of piperazine rings is 1. The average Bonchev–Trinajstić information content (AvgIpc) is 3.63. The Morgan fingerprint density at radius 1 is 0.821 bits per heavy atom. The summed E-state index contributed by atoms with van der Waals surface area (Å²) in [4.78, 5) is 24.7. The van der Waals surface area contributed by atoms with Gasteiger partial charge in [0.1, 0.15) is 11.8 Å². The first-order valence-corrected chi connectivity index (χ1v) is 13.9. The van der Waals surface area contributed by atoms with E-state index in [2.05, 4.69) is 77.4 Å². The molecule has 0 radical (unpaired) electrons. The molecule has 7 rings (SSSR count). The lowest BCUT2D eigenvalue weighted by atomic mass is 10.0. The van der Waals surface area contributed by atoms with Gasteiger partial charge in [-0.2, -0.15) is 4.98 Å². The van der Waals surface area contributed by atoms with Gasteiger partial charge in [-0.25, -0.2) is 9.97 Å². The molecule has 0 atom stereocenters. The highest BCUT2D eigenvalue weighted by Crippen LogP contribution is 2.33. The van der Waals surface area contributed by atoms with Crippen molar-refractivity contribution >= 4 is 22.9 Å². The molecule has 2 aromatic carbocycles. The Bertz CT molecular complexity index is 1410. The second-order valence-corrected chi connectivity index (χ2v) is 10.6. The van der Waals surface area contributed by atoms with Crippen LogP contribution in [0.1, 0.15) is 24.0 Å². The number of benzene rings is 2. The van der Waals surface area contributed by atoms with Crippen molar-refractivity contribution < 1.29 is 9.47 Å². The van der Waals surface area contributed by atoms with Crippen molar-refractivity contribution in [2.45, 2.75) is 32.0 Å². The van der Waals surface area contributed by atoms with Gasteiger partial charge >= 0.3 is 0 Å². The van der Waals surface area contributed by atoms with Crippen LogP contribution in [-0.4, -0.2) is 81.8 Å². The number of H-pyrrole nitrogens is 1. The molecule has 0 aliphatic carbocycles. The lowest BCUT2D eigenvalue weighted by molar-refractivity contribution is 0.174. The third-order valence-electron chi connectivity index (χ3n) is 7.97. The second-order valence-electron chi connectivity index (χ2n) is 10.6. The quantitative estimate of drug-likeness (QED) is 0.375. The number of likely N-dealkylation sites (tertiary alicyclic amines) is 1. The number of piperidine rings is 1. The van der Waals surface area contributed by atoms with Gasteiger partial charge in [-0.1, -0.05) is 36.4 Å². The fraction of sp³-hybridized carbons (Fsp3) is 0.414. The molecule has 0 unspecified atom stereocenters. The molecular weight excluding hydrogens is 492 g/mol. The molecule has 3 aliphatic heterocycles. The zero-order chi connectivity index (χ0) is 26.0. The summed E-state index contributed by atoms with van der Waals surface area (Å²) < 4.78 is 11.0. The zero-order valence-corrected chi connectivity index (χ0v) is 22.1. The summed E-state index contributed by atoms with van der Waals surface area (Å²) in [5.41, 5.74) is 4.22. The molecule has 5 heterocycles. The highest BCUT2D eigenvalue weighted by atomic mass is 16.7. The Kier molecular flexibility index (Phi) is 6.63. The van der Waals surface area contributed by atoms with Crippen molar-refractivity contribution in [3.8, 4) is 11.5 Å². The zero-order valence-electron chi connectivity index (χ0n) is 22.1. The highest BCUT2D eigenvalue weighted by molar-refractivity contribution is 5.84. The van der Waals surface area contributed by atoms with E-state index in [4.69, 9.17) is 14.5 Å². The summed E-state index contributed by atoms with van der Waals surface area (Å²) >= 11 is 0. The summed E-state index contributed by atoms with van der Waals surface area (Å²) in [6, 6.07) is 17.3. The first-order chi connectivity index (χ1) is 19.3. The summed E-state index contributed by atoms with van der Waals surface area (Å²) in [5, 5.41) is 3.68. The van der Waals surface area contributed by atoms with Gasteiger partial charge in [-0.15, -0.1) is 0 Å². The molecule has 2 saturated heterocycles. The average molecular weight is 527 g/mol. The molecule has 4 aromatic rings. The van der Waals surface area contributed by atoms with Crippen LogP contribution < -0.4 is 19.7 Å². The number of aromatic amines is 1. The van der Waals surface area contributed by atoms with E-state index in [1.807, 2.05) is 6.07 Å². The van der Waals surface area contributed by atoms with Crippen LogP contribution in [0.5, 0.6) is 11.5 Å². The summed E-state index contributed by atoms with van der Waals surface area (Å²) in [6.07, 6.45) is 3.79. The first kappa shape index (κ1) is 24.2. The molecule has 0 bridgehead atoms. The predicted molar refractivity (Wildman–Crippen MR) is 150 cm³/mol. The topological polar surface area (TPSA) is 94.7 Å². The molecule has 0 saturated carbocycles. The van der Waals surface area contributed by atoms with E-state index in [0.717, 1.165) is 94.0 Å². The Morgan fingerprint density at radius 3 is 2.44 bits per heavy atom. The molecule has 0 amide bonds. The second kappa shape index (κ2) is 10.7. The van der Waals surface area contributed by atoms with E-state index in [0.29, 0.717) is 18.5 Å². The maximum Gasteiger partial charge on any atom is 0.231 e. The van der Waals surface area contributed by atoms with E-state index in [1.165, 1.54) is 11.1 Å². The summed E-state index contributed by atoms with van der Waals surface area (Å²) in [5.74, 6) is 3.39. The van der Waals surface area contributed by atoms with Crippen LogP contribution in [-0.2, 0) is 13.1 Å². The third-order valence-corrected chi connectivity index (χ3v) is 7.97. The summed E-state index contributed by atoms with van der Waals surface area (Å²) in [6.45, 7) is 8.10. The number of hydrogen-bond donors (Lipinski definition) is 2. The SMILES string of the molecule is c1ccc(CN2CCC(Nc3ncnc4nc(N5CCN(Cc6ccc7c(c6)OCO7)CC5)[nH]c34)CC2)cc1. The number of nitrogens with one attached hydrogen (secondary N) is 2. The maximum atomic E-state index is 5.54. The van der Waals surface area contributed by atoms with Gasteiger partial charge in [0, 0.05) is 58.4 Å². The Labute approximate surface area is 228 Å². The lowest BCUT2D eigenvalue weighted by Crippen LogP contribution is -2.46. The number of fused-ring (bicyclic) bond motifs is 2. The largest absolute Gasteiger partial charge is 0.454 e. The van der Waals surface area contributed by atoms with Crippen LogP contribution in [0.3, 0.4) is 0 Å². The van der Waals surface area contributed by atoms with Crippen molar-refractivity contribution in [1.29, 1.82) is 0 Å². The number of ether oxygens (including phenoxy) is 2. The predicted octanol–water partition coefficient (Wildman–Crippen LogP) is 3.48. The molecule has 2 aromatic heterocycles.